The van der Waals surface area contributed by atoms with Crippen molar-refractivity contribution in [2.24, 2.45) is 5.73 Å². The number of aromatic amines is 2. The van der Waals surface area contributed by atoms with E-state index in [4.69, 9.17) is 5.73 Å². The first kappa shape index (κ1) is 10.5. The molecule has 0 aliphatic rings. The first-order chi connectivity index (χ1) is 6.93. The molecule has 0 fully saturated rings. The summed E-state index contributed by atoms with van der Waals surface area (Å²) in [5, 5.41) is 0. The van der Waals surface area contributed by atoms with Gasteiger partial charge < -0.3 is 15.7 Å². The molecule has 0 amide bonds. The van der Waals surface area contributed by atoms with Gasteiger partial charge in [0.2, 0.25) is 0 Å². The van der Waals surface area contributed by atoms with Crippen molar-refractivity contribution in [3.63, 3.8) is 0 Å². The molecule has 0 unspecified atom stereocenters. The van der Waals surface area contributed by atoms with Gasteiger partial charge in [-0.15, -0.1) is 0 Å². The molecule has 2 rings (SSSR count). The third-order valence-corrected chi connectivity index (χ3v) is 1.58. The fourth-order valence-electron chi connectivity index (χ4n) is 0.919. The van der Waals surface area contributed by atoms with Gasteiger partial charge in [-0.25, -0.2) is 9.97 Å². The minimum Gasteiger partial charge on any atom is -0.351 e. The van der Waals surface area contributed by atoms with Gasteiger partial charge in [-0.2, -0.15) is 0 Å². The molecule has 0 saturated carbocycles. The van der Waals surface area contributed by atoms with Crippen LogP contribution in [0.1, 0.15) is 12.2 Å². The number of nitrogens with two attached hydrogens (primary N) is 1. The van der Waals surface area contributed by atoms with Crippen LogP contribution in [0.3, 0.4) is 0 Å². The summed E-state index contributed by atoms with van der Waals surface area (Å²) in [4.78, 5) is 13.5. The van der Waals surface area contributed by atoms with E-state index in [1.54, 1.807) is 24.9 Å². The highest BCUT2D eigenvalue weighted by Crippen LogP contribution is 1.91. The van der Waals surface area contributed by atoms with Crippen molar-refractivity contribution in [2.75, 3.05) is 6.54 Å². The van der Waals surface area contributed by atoms with Crippen LogP contribution in [0.15, 0.2) is 31.1 Å². The summed E-state index contributed by atoms with van der Waals surface area (Å²) >= 11 is 0. The van der Waals surface area contributed by atoms with Crippen LogP contribution in [0.2, 0.25) is 0 Å². The van der Waals surface area contributed by atoms with Crippen LogP contribution in [-0.2, 0) is 6.42 Å². The molecule has 2 heterocycles. The number of aromatic nitrogens is 4. The maximum atomic E-state index is 5.30. The largest absolute Gasteiger partial charge is 0.351 e. The normalized spacial score (nSPS) is 9.21. The van der Waals surface area contributed by atoms with Crippen LogP contribution in [-0.4, -0.2) is 26.5 Å². The highest BCUT2D eigenvalue weighted by molar-refractivity contribution is 4.86. The molecule has 0 bridgehead atoms. The minimum atomic E-state index is 0.737. The number of nitrogens with zero attached hydrogens (tertiary/aromatic N) is 2. The highest BCUT2D eigenvalue weighted by atomic mass is 14.9. The summed E-state index contributed by atoms with van der Waals surface area (Å²) in [6, 6.07) is 0. The molecular weight excluding hydrogens is 178 g/mol. The van der Waals surface area contributed by atoms with Crippen molar-refractivity contribution in [3.05, 3.63) is 36.9 Å². The lowest BCUT2D eigenvalue weighted by molar-refractivity contribution is 0.794. The SMILES string of the molecule is NCCCc1ncc[nH]1.c1c[nH]cn1. The van der Waals surface area contributed by atoms with Crippen molar-refractivity contribution < 1.29 is 0 Å². The topological polar surface area (TPSA) is 83.4 Å². The van der Waals surface area contributed by atoms with E-state index < -0.39 is 0 Å². The van der Waals surface area contributed by atoms with E-state index in [2.05, 4.69) is 19.9 Å². The molecule has 0 radical (unpaired) electrons. The standard InChI is InChI=1S/C6H11N3.C3H4N2/c7-3-1-2-6-8-4-5-9-6;1-2-5-3-4-1/h4-5H,1-3,7H2,(H,8,9);1-3H,(H,4,5). The molecule has 4 N–H and O–H groups in total. The van der Waals surface area contributed by atoms with Gasteiger partial charge in [0.25, 0.3) is 0 Å². The molecule has 0 aliphatic carbocycles. The van der Waals surface area contributed by atoms with Gasteiger partial charge >= 0.3 is 0 Å². The van der Waals surface area contributed by atoms with Crippen LogP contribution in [0.4, 0.5) is 0 Å². The smallest absolute Gasteiger partial charge is 0.106 e. The van der Waals surface area contributed by atoms with Gasteiger partial charge in [0.05, 0.1) is 6.33 Å². The van der Waals surface area contributed by atoms with Crippen LogP contribution >= 0.6 is 0 Å². The van der Waals surface area contributed by atoms with Crippen molar-refractivity contribution in [3.8, 4) is 0 Å². The number of imidazole rings is 2. The second-order valence-corrected chi connectivity index (χ2v) is 2.69. The third-order valence-electron chi connectivity index (χ3n) is 1.58. The molecule has 2 aromatic rings. The van der Waals surface area contributed by atoms with E-state index in [0.717, 1.165) is 25.2 Å². The van der Waals surface area contributed by atoms with Gasteiger partial charge in [-0.05, 0) is 13.0 Å². The average Bonchev–Trinajstić information content (AvgIpc) is 2.90. The lowest BCUT2D eigenvalue weighted by Crippen LogP contribution is -2.00. The summed E-state index contributed by atoms with van der Waals surface area (Å²) in [6.45, 7) is 0.737. The Balaban J connectivity index is 0.000000165. The van der Waals surface area contributed by atoms with Gasteiger partial charge in [-0.3, -0.25) is 0 Å². The number of aryl methyl sites for hydroxylation is 1. The first-order valence-electron chi connectivity index (χ1n) is 4.54. The summed E-state index contributed by atoms with van der Waals surface area (Å²) < 4.78 is 0. The lowest BCUT2D eigenvalue weighted by Gasteiger charge is -1.90. The molecule has 0 aliphatic heterocycles. The first-order valence-corrected chi connectivity index (χ1v) is 4.54. The van der Waals surface area contributed by atoms with E-state index in [1.807, 2.05) is 6.20 Å². The van der Waals surface area contributed by atoms with Crippen molar-refractivity contribution >= 4 is 0 Å². The Morgan fingerprint density at radius 3 is 2.64 bits per heavy atom. The van der Waals surface area contributed by atoms with Crippen molar-refractivity contribution in [1.82, 2.24) is 19.9 Å². The van der Waals surface area contributed by atoms with Crippen molar-refractivity contribution in [1.29, 1.82) is 0 Å². The summed E-state index contributed by atoms with van der Waals surface area (Å²) in [5.74, 6) is 1.03. The molecule has 0 spiro atoms. The van der Waals surface area contributed by atoms with Crippen molar-refractivity contribution in [2.45, 2.75) is 12.8 Å². The van der Waals surface area contributed by atoms with E-state index in [-0.39, 0.29) is 0 Å². The zero-order chi connectivity index (χ0) is 10.1. The Morgan fingerprint density at radius 2 is 2.21 bits per heavy atom. The Bertz CT molecular complexity index is 270. The van der Waals surface area contributed by atoms with Gasteiger partial charge in [-0.1, -0.05) is 0 Å². The third kappa shape index (κ3) is 4.42. The molecule has 0 saturated heterocycles. The quantitative estimate of drug-likeness (QED) is 0.671. The van der Waals surface area contributed by atoms with E-state index in [9.17, 15) is 0 Å². The molecule has 14 heavy (non-hydrogen) atoms. The number of hydrogen-bond acceptors (Lipinski definition) is 3. The number of nitrogens with one attached hydrogen (secondary N) is 2. The summed E-state index contributed by atoms with van der Waals surface area (Å²) in [6.07, 6.45) is 10.6. The Labute approximate surface area is 82.8 Å². The Hall–Kier alpha value is -1.62. The highest BCUT2D eigenvalue weighted by Gasteiger charge is 1.90. The van der Waals surface area contributed by atoms with E-state index in [1.165, 1.54) is 0 Å². The Kier molecular flexibility index (Phi) is 5.12. The molecule has 0 aromatic carbocycles. The van der Waals surface area contributed by atoms with Crippen LogP contribution in [0.5, 0.6) is 0 Å². The monoisotopic (exact) mass is 193 g/mol. The maximum absolute atomic E-state index is 5.30. The molecule has 5 nitrogen and oxygen atoms in total. The van der Waals surface area contributed by atoms with Crippen LogP contribution < -0.4 is 5.73 Å². The van der Waals surface area contributed by atoms with E-state index >= 15 is 0 Å². The molecular formula is C9H15N5. The molecule has 76 valence electrons. The van der Waals surface area contributed by atoms with Crippen LogP contribution in [0.25, 0.3) is 0 Å². The fourth-order valence-corrected chi connectivity index (χ4v) is 0.919. The molecule has 0 atom stereocenters. The Morgan fingerprint density at radius 1 is 1.29 bits per heavy atom. The van der Waals surface area contributed by atoms with E-state index in [0.29, 0.717) is 0 Å². The zero-order valence-corrected chi connectivity index (χ0v) is 7.98. The van der Waals surface area contributed by atoms with Gasteiger partial charge in [0.1, 0.15) is 5.82 Å². The number of hydrogen-bond donors (Lipinski definition) is 3. The maximum Gasteiger partial charge on any atom is 0.106 e. The second-order valence-electron chi connectivity index (χ2n) is 2.69. The molecule has 2 aromatic heterocycles. The fraction of sp³-hybridized carbons (Fsp3) is 0.333. The molecule has 5 heteroatoms. The average molecular weight is 193 g/mol. The summed E-state index contributed by atoms with van der Waals surface area (Å²) in [7, 11) is 0. The lowest BCUT2D eigenvalue weighted by atomic mass is 10.3. The van der Waals surface area contributed by atoms with Gasteiger partial charge in [0.15, 0.2) is 0 Å². The minimum absolute atomic E-state index is 0.737. The second kappa shape index (κ2) is 6.85. The number of H-pyrrole nitrogens is 2. The predicted molar refractivity (Wildman–Crippen MR) is 54.6 cm³/mol. The van der Waals surface area contributed by atoms with Crippen LogP contribution in [0, 0.1) is 0 Å². The number of rotatable bonds is 3. The van der Waals surface area contributed by atoms with Gasteiger partial charge in [0, 0.05) is 31.2 Å². The predicted octanol–water partition coefficient (Wildman–Crippen LogP) is 0.711. The summed E-state index contributed by atoms with van der Waals surface area (Å²) in [5.41, 5.74) is 5.30. The zero-order valence-electron chi connectivity index (χ0n) is 7.98.